The van der Waals surface area contributed by atoms with Gasteiger partial charge in [0.25, 0.3) is 0 Å². The van der Waals surface area contributed by atoms with Gasteiger partial charge in [0.15, 0.2) is 0 Å². The number of rotatable bonds is 13. The van der Waals surface area contributed by atoms with Crippen LogP contribution in [0, 0.1) is 0 Å². The molecule has 0 rings (SSSR count). The molecule has 0 amide bonds. The topological polar surface area (TPSA) is 0 Å². The molecule has 0 aromatic rings. The highest BCUT2D eigenvalue weighted by atomic mass is 14.0. The van der Waals surface area contributed by atoms with Crippen molar-refractivity contribution < 1.29 is 0 Å². The third kappa shape index (κ3) is 13.8. The number of hydrogen-bond acceptors (Lipinski definition) is 0. The molecule has 0 heterocycles. The lowest BCUT2D eigenvalue weighted by atomic mass is 10.0. The van der Waals surface area contributed by atoms with E-state index in [4.69, 9.17) is 0 Å². The molecule has 0 fully saturated rings. The molecule has 108 valence electrons. The van der Waals surface area contributed by atoms with Gasteiger partial charge in [-0.3, -0.25) is 0 Å². The zero-order chi connectivity index (χ0) is 13.5. The summed E-state index contributed by atoms with van der Waals surface area (Å²) in [5.41, 5.74) is 1.63. The molecule has 0 aliphatic heterocycles. The Morgan fingerprint density at radius 2 is 1.17 bits per heavy atom. The van der Waals surface area contributed by atoms with Gasteiger partial charge >= 0.3 is 0 Å². The fourth-order valence-corrected chi connectivity index (χ4v) is 2.38. The molecule has 0 spiro atoms. The summed E-state index contributed by atoms with van der Waals surface area (Å²) in [7, 11) is 0. The van der Waals surface area contributed by atoms with Crippen LogP contribution in [0.3, 0.4) is 0 Å². The summed E-state index contributed by atoms with van der Waals surface area (Å²) < 4.78 is 0. The van der Waals surface area contributed by atoms with Crippen molar-refractivity contribution in [3.05, 3.63) is 11.6 Å². The lowest BCUT2D eigenvalue weighted by molar-refractivity contribution is 0.588. The highest BCUT2D eigenvalue weighted by molar-refractivity contribution is 4.97. The molecule has 0 radical (unpaired) electrons. The maximum absolute atomic E-state index is 2.48. The lowest BCUT2D eigenvalue weighted by Crippen LogP contribution is -1.83. The van der Waals surface area contributed by atoms with Crippen molar-refractivity contribution in [2.24, 2.45) is 0 Å². The molecule has 0 bridgehead atoms. The summed E-state index contributed by atoms with van der Waals surface area (Å²) in [6, 6.07) is 0. The minimum absolute atomic E-state index is 1.31. The summed E-state index contributed by atoms with van der Waals surface area (Å²) in [5.74, 6) is 0. The van der Waals surface area contributed by atoms with E-state index >= 15 is 0 Å². The normalized spacial score (nSPS) is 12.1. The Bertz CT molecular complexity index is 178. The van der Waals surface area contributed by atoms with E-state index in [9.17, 15) is 0 Å². The molecule has 0 atom stereocenters. The highest BCUT2D eigenvalue weighted by Crippen LogP contribution is 2.13. The first-order chi connectivity index (χ1) is 8.81. The average molecular weight is 252 g/mol. The fourth-order valence-electron chi connectivity index (χ4n) is 2.38. The Labute approximate surface area is 116 Å². The van der Waals surface area contributed by atoms with Crippen LogP contribution in [0.4, 0.5) is 0 Å². The van der Waals surface area contributed by atoms with Gasteiger partial charge in [-0.15, -0.1) is 0 Å². The van der Waals surface area contributed by atoms with Crippen molar-refractivity contribution in [2.75, 3.05) is 0 Å². The van der Waals surface area contributed by atoms with Gasteiger partial charge in [0.05, 0.1) is 0 Å². The average Bonchev–Trinajstić information content (AvgIpc) is 2.37. The van der Waals surface area contributed by atoms with Crippen LogP contribution in [0.5, 0.6) is 0 Å². The van der Waals surface area contributed by atoms with Crippen LogP contribution in [-0.2, 0) is 0 Å². The minimum atomic E-state index is 1.31. The van der Waals surface area contributed by atoms with Crippen molar-refractivity contribution in [3.63, 3.8) is 0 Å². The highest BCUT2D eigenvalue weighted by Gasteiger charge is 1.93. The maximum atomic E-state index is 2.48. The van der Waals surface area contributed by atoms with Crippen molar-refractivity contribution in [1.29, 1.82) is 0 Å². The second kappa shape index (κ2) is 14.8. The summed E-state index contributed by atoms with van der Waals surface area (Å²) in [6.45, 7) is 6.88. The van der Waals surface area contributed by atoms with Crippen molar-refractivity contribution >= 4 is 0 Å². The third-order valence-corrected chi connectivity index (χ3v) is 3.73. The van der Waals surface area contributed by atoms with Gasteiger partial charge in [0, 0.05) is 0 Å². The van der Waals surface area contributed by atoms with Crippen LogP contribution in [-0.4, -0.2) is 0 Å². The smallest absolute Gasteiger partial charge is 0.0323 e. The molecule has 0 aromatic carbocycles. The van der Waals surface area contributed by atoms with Gasteiger partial charge in [-0.05, 0) is 32.6 Å². The van der Waals surface area contributed by atoms with Crippen LogP contribution >= 0.6 is 0 Å². The Balaban J connectivity index is 3.24. The molecule has 0 saturated heterocycles. The largest absolute Gasteiger partial charge is 0.0856 e. The molecular weight excluding hydrogens is 216 g/mol. The predicted molar refractivity (Wildman–Crippen MR) is 85.1 cm³/mol. The summed E-state index contributed by atoms with van der Waals surface area (Å²) in [4.78, 5) is 0. The molecule has 18 heavy (non-hydrogen) atoms. The molecule has 0 heteroatoms. The van der Waals surface area contributed by atoms with Crippen LogP contribution in [0.1, 0.15) is 104 Å². The van der Waals surface area contributed by atoms with E-state index in [2.05, 4.69) is 26.8 Å². The fraction of sp³-hybridized carbons (Fsp3) is 0.889. The second-order valence-electron chi connectivity index (χ2n) is 5.77. The Kier molecular flexibility index (Phi) is 14.6. The van der Waals surface area contributed by atoms with E-state index in [-0.39, 0.29) is 0 Å². The maximum Gasteiger partial charge on any atom is -0.0323 e. The second-order valence-corrected chi connectivity index (χ2v) is 5.77. The minimum Gasteiger partial charge on any atom is -0.0856 e. The van der Waals surface area contributed by atoms with E-state index in [0.717, 1.165) is 0 Å². The predicted octanol–water partition coefficient (Wildman–Crippen LogP) is 7.04. The Morgan fingerprint density at radius 1 is 0.667 bits per heavy atom. The van der Waals surface area contributed by atoms with Gasteiger partial charge in [0.1, 0.15) is 0 Å². The van der Waals surface area contributed by atoms with Gasteiger partial charge in [-0.25, -0.2) is 0 Å². The first kappa shape index (κ1) is 17.7. The molecule has 0 aliphatic carbocycles. The summed E-state index contributed by atoms with van der Waals surface area (Å²) >= 11 is 0. The quantitative estimate of drug-likeness (QED) is 0.243. The summed E-state index contributed by atoms with van der Waals surface area (Å²) in [6.07, 6.45) is 20.7. The SMILES string of the molecule is CCCCCC/C=C(\C)CCCCCCCCC. The van der Waals surface area contributed by atoms with Gasteiger partial charge in [-0.1, -0.05) is 83.3 Å². The van der Waals surface area contributed by atoms with E-state index in [0.29, 0.717) is 0 Å². The van der Waals surface area contributed by atoms with Crippen LogP contribution in [0.2, 0.25) is 0 Å². The van der Waals surface area contributed by atoms with Crippen LogP contribution < -0.4 is 0 Å². The van der Waals surface area contributed by atoms with Crippen molar-refractivity contribution in [2.45, 2.75) is 104 Å². The van der Waals surface area contributed by atoms with E-state index in [1.165, 1.54) is 83.5 Å². The molecule has 0 saturated carbocycles. The standard InChI is InChI=1S/C18H36/c1-4-6-8-10-11-13-15-17-18(3)16-14-12-9-7-5-2/h16H,4-15,17H2,1-3H3/b18-16+. The van der Waals surface area contributed by atoms with Gasteiger partial charge in [-0.2, -0.15) is 0 Å². The Hall–Kier alpha value is -0.260. The van der Waals surface area contributed by atoms with Crippen molar-refractivity contribution in [1.82, 2.24) is 0 Å². The number of hydrogen-bond donors (Lipinski definition) is 0. The first-order valence-corrected chi connectivity index (χ1v) is 8.46. The van der Waals surface area contributed by atoms with Gasteiger partial charge < -0.3 is 0 Å². The molecule has 0 aliphatic rings. The zero-order valence-electron chi connectivity index (χ0n) is 13.3. The van der Waals surface area contributed by atoms with E-state index in [1.807, 2.05) is 0 Å². The van der Waals surface area contributed by atoms with E-state index < -0.39 is 0 Å². The lowest BCUT2D eigenvalue weighted by Gasteiger charge is -2.03. The summed E-state index contributed by atoms with van der Waals surface area (Å²) in [5, 5.41) is 0. The molecule has 0 N–H and O–H groups in total. The van der Waals surface area contributed by atoms with Crippen LogP contribution in [0.15, 0.2) is 11.6 Å². The van der Waals surface area contributed by atoms with Crippen molar-refractivity contribution in [3.8, 4) is 0 Å². The zero-order valence-corrected chi connectivity index (χ0v) is 13.3. The molecule has 0 nitrogen and oxygen atoms in total. The third-order valence-electron chi connectivity index (χ3n) is 3.73. The van der Waals surface area contributed by atoms with Gasteiger partial charge in [0.2, 0.25) is 0 Å². The molecule has 0 unspecified atom stereocenters. The molecular formula is C18H36. The first-order valence-electron chi connectivity index (χ1n) is 8.46. The van der Waals surface area contributed by atoms with Crippen LogP contribution in [0.25, 0.3) is 0 Å². The Morgan fingerprint density at radius 3 is 1.78 bits per heavy atom. The number of allylic oxidation sites excluding steroid dienone is 2. The number of unbranched alkanes of at least 4 members (excludes halogenated alkanes) is 10. The molecule has 0 aromatic heterocycles. The monoisotopic (exact) mass is 252 g/mol. The van der Waals surface area contributed by atoms with E-state index in [1.54, 1.807) is 5.57 Å².